The minimum absolute atomic E-state index is 0.116. The molecule has 4 rings (SSSR count). The highest BCUT2D eigenvalue weighted by atomic mass is 16.2. The molecule has 32 heavy (non-hydrogen) atoms. The third-order valence-corrected chi connectivity index (χ3v) is 6.41. The Morgan fingerprint density at radius 1 is 0.938 bits per heavy atom. The minimum Gasteiger partial charge on any atom is -0.371 e. The van der Waals surface area contributed by atoms with Crippen LogP contribution in [-0.2, 0) is 17.9 Å². The summed E-state index contributed by atoms with van der Waals surface area (Å²) >= 11 is 0. The van der Waals surface area contributed by atoms with E-state index >= 15 is 0 Å². The predicted octanol–water partition coefficient (Wildman–Crippen LogP) is 2.83. The lowest BCUT2D eigenvalue weighted by Gasteiger charge is -2.23. The normalized spacial score (nSPS) is 16.7. The van der Waals surface area contributed by atoms with Gasteiger partial charge in [0.2, 0.25) is 5.91 Å². The van der Waals surface area contributed by atoms with Gasteiger partial charge in [0.15, 0.2) is 0 Å². The minimum atomic E-state index is -0.299. The number of hydrogen-bond donors (Lipinski definition) is 2. The van der Waals surface area contributed by atoms with Crippen molar-refractivity contribution in [3.8, 4) is 0 Å². The van der Waals surface area contributed by atoms with Crippen molar-refractivity contribution in [1.82, 2.24) is 15.2 Å². The maximum atomic E-state index is 12.6. The van der Waals surface area contributed by atoms with Crippen LogP contribution in [0.3, 0.4) is 0 Å². The molecule has 1 aliphatic carbocycles. The molecule has 2 amide bonds. The molecule has 2 aliphatic rings. The average molecular weight is 437 g/mol. The summed E-state index contributed by atoms with van der Waals surface area (Å²) in [4.78, 5) is 39.8. The molecule has 7 heteroatoms. The Morgan fingerprint density at radius 3 is 2.47 bits per heavy atom. The quantitative estimate of drug-likeness (QED) is 0.699. The fourth-order valence-corrected chi connectivity index (χ4v) is 4.64. The van der Waals surface area contributed by atoms with Crippen molar-refractivity contribution in [1.29, 1.82) is 0 Å². The van der Waals surface area contributed by atoms with E-state index < -0.39 is 0 Å². The molecule has 0 radical (unpaired) electrons. The molecule has 1 saturated heterocycles. The van der Waals surface area contributed by atoms with Crippen molar-refractivity contribution in [2.45, 2.75) is 64.1 Å². The molecule has 1 aromatic carbocycles. The number of para-hydroxylation sites is 1. The zero-order chi connectivity index (χ0) is 22.3. The van der Waals surface area contributed by atoms with E-state index in [0.29, 0.717) is 12.1 Å². The van der Waals surface area contributed by atoms with E-state index in [0.717, 1.165) is 50.0 Å². The highest BCUT2D eigenvalue weighted by Gasteiger charge is 2.18. The second-order valence-corrected chi connectivity index (χ2v) is 8.79. The third-order valence-electron chi connectivity index (χ3n) is 6.41. The van der Waals surface area contributed by atoms with Crippen LogP contribution in [0.15, 0.2) is 47.4 Å². The number of amides is 2. The van der Waals surface area contributed by atoms with Gasteiger partial charge in [-0.2, -0.15) is 0 Å². The van der Waals surface area contributed by atoms with Crippen molar-refractivity contribution in [2.24, 2.45) is 0 Å². The largest absolute Gasteiger partial charge is 0.371 e. The number of carbonyl (C=O) groups excluding carboxylic acids is 2. The number of nitrogens with one attached hydrogen (secondary N) is 2. The summed E-state index contributed by atoms with van der Waals surface area (Å²) in [6.45, 7) is 2.36. The molecule has 170 valence electrons. The molecule has 2 aromatic rings. The molecule has 0 bridgehead atoms. The van der Waals surface area contributed by atoms with E-state index in [2.05, 4.69) is 21.6 Å². The SMILES string of the molecule is O=C(Cn1cc(C(=O)NC2CCCCC2)ccc1=O)NCc1ccccc1N1CCCC1. The lowest BCUT2D eigenvalue weighted by molar-refractivity contribution is -0.121. The Kier molecular flexibility index (Phi) is 7.24. The molecule has 7 nitrogen and oxygen atoms in total. The Morgan fingerprint density at radius 2 is 1.69 bits per heavy atom. The topological polar surface area (TPSA) is 83.4 Å². The Labute approximate surface area is 188 Å². The van der Waals surface area contributed by atoms with Gasteiger partial charge >= 0.3 is 0 Å². The van der Waals surface area contributed by atoms with Crippen LogP contribution in [0.2, 0.25) is 0 Å². The van der Waals surface area contributed by atoms with E-state index in [-0.39, 0.29) is 30.0 Å². The Hall–Kier alpha value is -3.09. The van der Waals surface area contributed by atoms with Gasteiger partial charge in [-0.3, -0.25) is 14.4 Å². The summed E-state index contributed by atoms with van der Waals surface area (Å²) in [6.07, 6.45) is 9.33. The number of benzene rings is 1. The predicted molar refractivity (Wildman–Crippen MR) is 125 cm³/mol. The number of nitrogens with zero attached hydrogens (tertiary/aromatic N) is 2. The van der Waals surface area contributed by atoms with Crippen molar-refractivity contribution in [2.75, 3.05) is 18.0 Å². The van der Waals surface area contributed by atoms with Gasteiger partial charge in [0.1, 0.15) is 6.54 Å². The van der Waals surface area contributed by atoms with Crippen molar-refractivity contribution in [3.63, 3.8) is 0 Å². The first-order valence-corrected chi connectivity index (χ1v) is 11.7. The van der Waals surface area contributed by atoms with Gasteiger partial charge in [-0.1, -0.05) is 37.5 Å². The standard InChI is InChI=1S/C25H32N4O3/c30-23(26-16-19-8-4-5-11-22(19)28-14-6-7-15-28)18-29-17-20(12-13-24(29)31)25(32)27-21-9-2-1-3-10-21/h4-5,8,11-13,17,21H,1-3,6-7,9-10,14-16,18H2,(H,26,30)(H,27,32). The smallest absolute Gasteiger partial charge is 0.252 e. The molecule has 2 N–H and O–H groups in total. The lowest BCUT2D eigenvalue weighted by atomic mass is 9.95. The van der Waals surface area contributed by atoms with E-state index in [1.807, 2.05) is 18.2 Å². The van der Waals surface area contributed by atoms with Crippen LogP contribution in [0.25, 0.3) is 0 Å². The first-order valence-electron chi connectivity index (χ1n) is 11.7. The van der Waals surface area contributed by atoms with Gasteiger partial charge in [-0.25, -0.2) is 0 Å². The maximum absolute atomic E-state index is 12.6. The van der Waals surface area contributed by atoms with Gasteiger partial charge in [-0.05, 0) is 43.4 Å². The number of anilines is 1. The number of rotatable bonds is 7. The average Bonchev–Trinajstić information content (AvgIpc) is 3.35. The molecule has 2 fully saturated rings. The summed E-state index contributed by atoms with van der Waals surface area (Å²) in [5.74, 6) is -0.446. The van der Waals surface area contributed by atoms with Crippen LogP contribution in [0, 0.1) is 0 Å². The third kappa shape index (κ3) is 5.58. The molecule has 2 heterocycles. The zero-order valence-electron chi connectivity index (χ0n) is 18.5. The summed E-state index contributed by atoms with van der Waals surface area (Å²) in [5.41, 5.74) is 2.33. The number of hydrogen-bond acceptors (Lipinski definition) is 4. The van der Waals surface area contributed by atoms with Gasteiger partial charge in [0.25, 0.3) is 11.5 Å². The Bertz CT molecular complexity index is 1000. The van der Waals surface area contributed by atoms with Crippen LogP contribution in [0.1, 0.15) is 60.9 Å². The van der Waals surface area contributed by atoms with Crippen molar-refractivity contribution >= 4 is 17.5 Å². The summed E-state index contributed by atoms with van der Waals surface area (Å²) in [5, 5.41) is 5.98. The van der Waals surface area contributed by atoms with Crippen LogP contribution in [-0.4, -0.2) is 35.5 Å². The highest BCUT2D eigenvalue weighted by Crippen LogP contribution is 2.24. The van der Waals surface area contributed by atoms with E-state index in [1.54, 1.807) is 0 Å². The van der Waals surface area contributed by atoms with Gasteiger partial charge in [-0.15, -0.1) is 0 Å². The summed E-state index contributed by atoms with van der Waals surface area (Å²) in [7, 11) is 0. The number of carbonyl (C=O) groups is 2. The van der Waals surface area contributed by atoms with Crippen LogP contribution >= 0.6 is 0 Å². The number of aromatic nitrogens is 1. The van der Waals surface area contributed by atoms with Gasteiger partial charge < -0.3 is 20.1 Å². The molecular weight excluding hydrogens is 404 g/mol. The molecule has 0 atom stereocenters. The van der Waals surface area contributed by atoms with Crippen molar-refractivity contribution in [3.05, 3.63) is 64.1 Å². The highest BCUT2D eigenvalue weighted by molar-refractivity contribution is 5.94. The number of pyridine rings is 1. The molecule has 1 saturated carbocycles. The van der Waals surface area contributed by atoms with Gasteiger partial charge in [0.05, 0.1) is 5.56 Å². The second kappa shape index (κ2) is 10.5. The summed E-state index contributed by atoms with van der Waals surface area (Å²) in [6, 6.07) is 11.2. The maximum Gasteiger partial charge on any atom is 0.252 e. The Balaban J connectivity index is 1.36. The lowest BCUT2D eigenvalue weighted by Crippen LogP contribution is -2.37. The monoisotopic (exact) mass is 436 g/mol. The second-order valence-electron chi connectivity index (χ2n) is 8.79. The molecular formula is C25H32N4O3. The van der Waals surface area contributed by atoms with Crippen LogP contribution < -0.4 is 21.1 Å². The van der Waals surface area contributed by atoms with E-state index in [1.165, 1.54) is 42.2 Å². The molecule has 0 unspecified atom stereocenters. The first-order chi connectivity index (χ1) is 15.6. The fourth-order valence-electron chi connectivity index (χ4n) is 4.64. The van der Waals surface area contributed by atoms with E-state index in [4.69, 9.17) is 0 Å². The summed E-state index contributed by atoms with van der Waals surface area (Å²) < 4.78 is 1.30. The molecule has 1 aliphatic heterocycles. The van der Waals surface area contributed by atoms with Gasteiger partial charge in [0, 0.05) is 43.6 Å². The van der Waals surface area contributed by atoms with Crippen LogP contribution in [0.5, 0.6) is 0 Å². The zero-order valence-corrected chi connectivity index (χ0v) is 18.5. The molecule has 1 aromatic heterocycles. The fraction of sp³-hybridized carbons (Fsp3) is 0.480. The van der Waals surface area contributed by atoms with Crippen LogP contribution in [0.4, 0.5) is 5.69 Å². The van der Waals surface area contributed by atoms with E-state index in [9.17, 15) is 14.4 Å². The molecule has 0 spiro atoms. The van der Waals surface area contributed by atoms with Crippen molar-refractivity contribution < 1.29 is 9.59 Å². The first kappa shape index (κ1) is 22.1.